The first kappa shape index (κ1) is 10.3. The molecular formula is C8H6BClO2S2. The van der Waals surface area contributed by atoms with Crippen molar-refractivity contribution in [1.29, 1.82) is 0 Å². The highest BCUT2D eigenvalue weighted by molar-refractivity contribution is 7.81. The molecule has 1 aromatic carbocycles. The Kier molecular flexibility index (Phi) is 2.77. The lowest BCUT2D eigenvalue weighted by Crippen LogP contribution is -2.29. The molecule has 0 aliphatic carbocycles. The molecule has 0 saturated heterocycles. The topological polar surface area (TPSA) is 40.5 Å². The van der Waals surface area contributed by atoms with E-state index in [2.05, 4.69) is 12.6 Å². The maximum atomic E-state index is 8.98. The zero-order valence-corrected chi connectivity index (χ0v) is 9.40. The van der Waals surface area contributed by atoms with E-state index in [1.54, 1.807) is 18.2 Å². The summed E-state index contributed by atoms with van der Waals surface area (Å²) < 4.78 is 1.61. The van der Waals surface area contributed by atoms with Crippen molar-refractivity contribution >= 4 is 58.2 Å². The summed E-state index contributed by atoms with van der Waals surface area (Å²) in [5.74, 6) is 0. The molecule has 0 unspecified atom stereocenters. The maximum absolute atomic E-state index is 8.98. The van der Waals surface area contributed by atoms with Crippen molar-refractivity contribution in [2.75, 3.05) is 0 Å². The van der Waals surface area contributed by atoms with E-state index in [0.717, 1.165) is 10.1 Å². The minimum Gasteiger partial charge on any atom is -0.423 e. The second-order valence-electron chi connectivity index (χ2n) is 2.85. The van der Waals surface area contributed by atoms with Gasteiger partial charge < -0.3 is 10.0 Å². The molecule has 72 valence electrons. The van der Waals surface area contributed by atoms with Crippen LogP contribution >= 0.6 is 35.6 Å². The first-order valence-corrected chi connectivity index (χ1v) is 5.51. The molecule has 0 saturated carbocycles. The highest BCUT2D eigenvalue weighted by atomic mass is 35.5. The highest BCUT2D eigenvalue weighted by Gasteiger charge is 2.14. The number of fused-ring (bicyclic) bond motifs is 1. The Morgan fingerprint density at radius 3 is 2.71 bits per heavy atom. The fraction of sp³-hybridized carbons (Fsp3) is 0. The van der Waals surface area contributed by atoms with Gasteiger partial charge in [0, 0.05) is 15.0 Å². The van der Waals surface area contributed by atoms with Gasteiger partial charge in [-0.1, -0.05) is 23.7 Å². The number of benzene rings is 1. The van der Waals surface area contributed by atoms with Crippen LogP contribution in [0.25, 0.3) is 10.1 Å². The number of rotatable bonds is 1. The molecule has 0 aliphatic rings. The van der Waals surface area contributed by atoms with E-state index in [1.807, 2.05) is 0 Å². The van der Waals surface area contributed by atoms with E-state index in [4.69, 9.17) is 21.6 Å². The zero-order chi connectivity index (χ0) is 10.3. The summed E-state index contributed by atoms with van der Waals surface area (Å²) >= 11 is 11.6. The van der Waals surface area contributed by atoms with E-state index in [1.165, 1.54) is 11.3 Å². The first-order chi connectivity index (χ1) is 6.59. The van der Waals surface area contributed by atoms with Crippen LogP contribution in [0.2, 0.25) is 4.34 Å². The SMILES string of the molecule is OB(O)c1ccc2sc(Cl)c(S)c2c1. The van der Waals surface area contributed by atoms with Crippen LogP contribution in [0.4, 0.5) is 0 Å². The number of hydrogen-bond donors (Lipinski definition) is 3. The molecule has 1 heterocycles. The average Bonchev–Trinajstić information content (AvgIpc) is 2.43. The van der Waals surface area contributed by atoms with Gasteiger partial charge in [-0.25, -0.2) is 0 Å². The number of thiol groups is 1. The fourth-order valence-electron chi connectivity index (χ4n) is 1.23. The van der Waals surface area contributed by atoms with Gasteiger partial charge in [0.2, 0.25) is 0 Å². The first-order valence-electron chi connectivity index (χ1n) is 3.86. The molecule has 2 rings (SSSR count). The molecule has 0 atom stereocenters. The van der Waals surface area contributed by atoms with E-state index in [-0.39, 0.29) is 0 Å². The third kappa shape index (κ3) is 1.66. The van der Waals surface area contributed by atoms with Gasteiger partial charge in [0.25, 0.3) is 0 Å². The average molecular weight is 245 g/mol. The summed E-state index contributed by atoms with van der Waals surface area (Å²) in [5, 5.41) is 18.8. The number of halogens is 1. The van der Waals surface area contributed by atoms with Crippen LogP contribution < -0.4 is 5.46 Å². The Labute approximate surface area is 95.7 Å². The van der Waals surface area contributed by atoms with Crippen LogP contribution in [0.5, 0.6) is 0 Å². The Morgan fingerprint density at radius 1 is 1.36 bits per heavy atom. The van der Waals surface area contributed by atoms with Gasteiger partial charge >= 0.3 is 7.12 Å². The number of hydrogen-bond acceptors (Lipinski definition) is 4. The van der Waals surface area contributed by atoms with E-state index in [9.17, 15) is 0 Å². The van der Waals surface area contributed by atoms with Crippen LogP contribution in [-0.4, -0.2) is 17.2 Å². The highest BCUT2D eigenvalue weighted by Crippen LogP contribution is 2.36. The van der Waals surface area contributed by atoms with Crippen LogP contribution in [0.15, 0.2) is 23.1 Å². The molecule has 2 aromatic rings. The minimum absolute atomic E-state index is 0.447. The molecule has 0 aliphatic heterocycles. The second-order valence-corrected chi connectivity index (χ2v) is 4.96. The van der Waals surface area contributed by atoms with Crippen LogP contribution in [0.1, 0.15) is 0 Å². The summed E-state index contributed by atoms with van der Waals surface area (Å²) in [6.07, 6.45) is 0. The smallest absolute Gasteiger partial charge is 0.423 e. The van der Waals surface area contributed by atoms with Crippen molar-refractivity contribution in [2.24, 2.45) is 0 Å². The molecule has 0 radical (unpaired) electrons. The fourth-order valence-corrected chi connectivity index (χ4v) is 2.79. The van der Waals surface area contributed by atoms with Gasteiger partial charge in [-0.05, 0) is 11.5 Å². The zero-order valence-electron chi connectivity index (χ0n) is 6.94. The lowest BCUT2D eigenvalue weighted by atomic mass is 9.80. The van der Waals surface area contributed by atoms with Crippen molar-refractivity contribution < 1.29 is 10.0 Å². The Balaban J connectivity index is 2.69. The molecule has 14 heavy (non-hydrogen) atoms. The molecular weight excluding hydrogens is 238 g/mol. The Bertz CT molecular complexity index is 483. The molecule has 0 spiro atoms. The van der Waals surface area contributed by atoms with Gasteiger partial charge in [0.05, 0.1) is 0 Å². The summed E-state index contributed by atoms with van der Waals surface area (Å²) in [5.41, 5.74) is 0.447. The monoisotopic (exact) mass is 244 g/mol. The van der Waals surface area contributed by atoms with Crippen LogP contribution in [-0.2, 0) is 0 Å². The number of thiophene rings is 1. The maximum Gasteiger partial charge on any atom is 0.488 e. The van der Waals surface area contributed by atoms with E-state index in [0.29, 0.717) is 14.7 Å². The molecule has 2 N–H and O–H groups in total. The molecule has 2 nitrogen and oxygen atoms in total. The third-order valence-corrected chi connectivity index (χ3v) is 4.07. The summed E-state index contributed by atoms with van der Waals surface area (Å²) in [6, 6.07) is 5.15. The third-order valence-electron chi connectivity index (χ3n) is 1.94. The molecule has 0 bridgehead atoms. The van der Waals surface area contributed by atoms with Crippen LogP contribution in [0.3, 0.4) is 0 Å². The van der Waals surface area contributed by atoms with Crippen molar-refractivity contribution in [3.8, 4) is 0 Å². The quantitative estimate of drug-likeness (QED) is 0.526. The molecule has 0 fully saturated rings. The van der Waals surface area contributed by atoms with E-state index < -0.39 is 7.12 Å². The predicted molar refractivity (Wildman–Crippen MR) is 63.9 cm³/mol. The van der Waals surface area contributed by atoms with Gasteiger partial charge in [0.1, 0.15) is 4.34 Å². The van der Waals surface area contributed by atoms with Crippen molar-refractivity contribution in [3.05, 3.63) is 22.5 Å². The minimum atomic E-state index is -1.45. The Hall–Kier alpha value is -0.195. The van der Waals surface area contributed by atoms with Crippen LogP contribution in [0, 0.1) is 0 Å². The normalized spacial score (nSPS) is 10.9. The van der Waals surface area contributed by atoms with Crippen molar-refractivity contribution in [3.63, 3.8) is 0 Å². The van der Waals surface area contributed by atoms with Gasteiger partial charge in [-0.2, -0.15) is 0 Å². The van der Waals surface area contributed by atoms with E-state index >= 15 is 0 Å². The van der Waals surface area contributed by atoms with Gasteiger partial charge in [0.15, 0.2) is 0 Å². The lowest BCUT2D eigenvalue weighted by Gasteiger charge is -1.98. The second kappa shape index (κ2) is 3.75. The largest absolute Gasteiger partial charge is 0.488 e. The van der Waals surface area contributed by atoms with Gasteiger partial charge in [-0.15, -0.1) is 24.0 Å². The summed E-state index contributed by atoms with van der Waals surface area (Å²) in [4.78, 5) is 0.689. The summed E-state index contributed by atoms with van der Waals surface area (Å²) in [6.45, 7) is 0. The van der Waals surface area contributed by atoms with Crippen molar-refractivity contribution in [2.45, 2.75) is 4.90 Å². The lowest BCUT2D eigenvalue weighted by molar-refractivity contribution is 0.426. The Morgan fingerprint density at radius 2 is 2.07 bits per heavy atom. The standard InChI is InChI=1S/C8H6BClO2S2/c10-8-7(13)5-3-4(9(11)12)1-2-6(5)14-8/h1-3,11-13H. The molecule has 1 aromatic heterocycles. The predicted octanol–water partition coefficient (Wildman–Crippen LogP) is 1.52. The van der Waals surface area contributed by atoms with Gasteiger partial charge in [-0.3, -0.25) is 0 Å². The van der Waals surface area contributed by atoms with Crippen molar-refractivity contribution in [1.82, 2.24) is 0 Å². The molecule has 0 amide bonds. The summed E-state index contributed by atoms with van der Waals surface area (Å²) in [7, 11) is -1.45. The molecule has 6 heteroatoms.